The highest BCUT2D eigenvalue weighted by Crippen LogP contribution is 2.30. The first-order chi connectivity index (χ1) is 12.2. The minimum Gasteiger partial charge on any atom is -0.452 e. The number of hydrogen-bond acceptors (Lipinski definition) is 3. The molecule has 4 rings (SSSR count). The Kier molecular flexibility index (Phi) is 3.69. The van der Waals surface area contributed by atoms with Gasteiger partial charge in [-0.05, 0) is 36.8 Å². The van der Waals surface area contributed by atoms with E-state index in [-0.39, 0.29) is 11.6 Å². The number of carbonyl (C=O) groups is 1. The maximum absolute atomic E-state index is 14.0. The Morgan fingerprint density at radius 1 is 1.16 bits per heavy atom. The van der Waals surface area contributed by atoms with Gasteiger partial charge < -0.3 is 4.42 Å². The maximum Gasteiger partial charge on any atom is 0.185 e. The summed E-state index contributed by atoms with van der Waals surface area (Å²) in [6, 6.07) is 16.0. The van der Waals surface area contributed by atoms with Crippen molar-refractivity contribution in [1.29, 1.82) is 0 Å². The zero-order valence-electron chi connectivity index (χ0n) is 13.6. The molecule has 5 heteroatoms. The van der Waals surface area contributed by atoms with Crippen molar-refractivity contribution in [2.45, 2.75) is 13.5 Å². The molecule has 0 aliphatic heterocycles. The summed E-state index contributed by atoms with van der Waals surface area (Å²) in [4.78, 5) is 10.9. The zero-order chi connectivity index (χ0) is 17.4. The third-order valence-corrected chi connectivity index (χ3v) is 4.16. The largest absolute Gasteiger partial charge is 0.452 e. The second-order valence-corrected chi connectivity index (χ2v) is 5.94. The number of aromatic nitrogens is 2. The van der Waals surface area contributed by atoms with Crippen molar-refractivity contribution in [3.63, 3.8) is 0 Å². The lowest BCUT2D eigenvalue weighted by Crippen LogP contribution is -2.03. The molecule has 25 heavy (non-hydrogen) atoms. The molecule has 0 atom stereocenters. The molecule has 0 aliphatic rings. The minimum absolute atomic E-state index is 0.249. The van der Waals surface area contributed by atoms with Crippen molar-refractivity contribution in [2.24, 2.45) is 0 Å². The summed E-state index contributed by atoms with van der Waals surface area (Å²) in [5, 5.41) is 5.52. The van der Waals surface area contributed by atoms with Gasteiger partial charge in [-0.1, -0.05) is 30.3 Å². The number of rotatable bonds is 4. The van der Waals surface area contributed by atoms with E-state index in [2.05, 4.69) is 5.10 Å². The summed E-state index contributed by atoms with van der Waals surface area (Å²) >= 11 is 0. The third-order valence-electron chi connectivity index (χ3n) is 4.16. The topological polar surface area (TPSA) is 48.0 Å². The predicted octanol–water partition coefficient (Wildman–Crippen LogP) is 4.60. The monoisotopic (exact) mass is 334 g/mol. The smallest absolute Gasteiger partial charge is 0.185 e. The molecule has 0 bridgehead atoms. The molecule has 0 saturated heterocycles. The summed E-state index contributed by atoms with van der Waals surface area (Å²) in [6.45, 7) is 2.31. The van der Waals surface area contributed by atoms with Crippen LogP contribution in [0.2, 0.25) is 0 Å². The van der Waals surface area contributed by atoms with E-state index < -0.39 is 0 Å². The van der Waals surface area contributed by atoms with Gasteiger partial charge >= 0.3 is 0 Å². The summed E-state index contributed by atoms with van der Waals surface area (Å²) in [7, 11) is 0. The van der Waals surface area contributed by atoms with Crippen LogP contribution in [0, 0.1) is 12.7 Å². The standard InChI is InChI=1S/C20H15FN2O2/c1-13-6-8-16-18(10-13)23(11-14-4-2-3-5-17(14)21)22-20(16)19-9-7-15(12-24)25-19/h2-10,12H,11H2,1H3. The fraction of sp³-hybridized carbons (Fsp3) is 0.100. The van der Waals surface area contributed by atoms with Crippen molar-refractivity contribution in [3.05, 3.63) is 77.3 Å². The summed E-state index contributed by atoms with van der Waals surface area (Å²) in [6.07, 6.45) is 0.659. The van der Waals surface area contributed by atoms with Gasteiger partial charge in [-0.15, -0.1) is 0 Å². The Hall–Kier alpha value is -3.21. The van der Waals surface area contributed by atoms with Crippen LogP contribution in [0.1, 0.15) is 21.7 Å². The molecular weight excluding hydrogens is 319 g/mol. The molecule has 2 aromatic carbocycles. The average molecular weight is 334 g/mol. The number of carbonyl (C=O) groups excluding carboxylic acids is 1. The van der Waals surface area contributed by atoms with Gasteiger partial charge in [0.05, 0.1) is 12.1 Å². The second-order valence-electron chi connectivity index (χ2n) is 5.94. The van der Waals surface area contributed by atoms with Gasteiger partial charge in [-0.3, -0.25) is 9.48 Å². The maximum atomic E-state index is 14.0. The van der Waals surface area contributed by atoms with Crippen LogP contribution in [0.3, 0.4) is 0 Å². The number of fused-ring (bicyclic) bond motifs is 1. The molecule has 124 valence electrons. The van der Waals surface area contributed by atoms with Gasteiger partial charge in [-0.2, -0.15) is 5.10 Å². The molecule has 0 N–H and O–H groups in total. The average Bonchev–Trinajstić information content (AvgIpc) is 3.21. The second kappa shape index (κ2) is 6.02. The fourth-order valence-electron chi connectivity index (χ4n) is 2.92. The first kappa shape index (κ1) is 15.3. The van der Waals surface area contributed by atoms with Crippen LogP contribution in [0.15, 0.2) is 59.0 Å². The van der Waals surface area contributed by atoms with E-state index in [4.69, 9.17) is 4.42 Å². The van der Waals surface area contributed by atoms with Crippen LogP contribution >= 0.6 is 0 Å². The lowest BCUT2D eigenvalue weighted by atomic mass is 10.1. The van der Waals surface area contributed by atoms with Crippen LogP contribution in [0.4, 0.5) is 4.39 Å². The molecule has 4 nitrogen and oxygen atoms in total. The number of benzene rings is 2. The number of nitrogens with zero attached hydrogens (tertiary/aromatic N) is 2. The Labute approximate surface area is 143 Å². The molecule has 0 spiro atoms. The van der Waals surface area contributed by atoms with E-state index in [9.17, 15) is 9.18 Å². The molecule has 0 fully saturated rings. The van der Waals surface area contributed by atoms with Crippen LogP contribution < -0.4 is 0 Å². The van der Waals surface area contributed by atoms with Crippen LogP contribution in [-0.2, 0) is 6.54 Å². The van der Waals surface area contributed by atoms with Crippen LogP contribution in [0.25, 0.3) is 22.4 Å². The molecule has 2 heterocycles. The van der Waals surface area contributed by atoms with Crippen molar-refractivity contribution in [3.8, 4) is 11.5 Å². The first-order valence-electron chi connectivity index (χ1n) is 7.91. The van der Waals surface area contributed by atoms with Crippen molar-refractivity contribution < 1.29 is 13.6 Å². The summed E-state index contributed by atoms with van der Waals surface area (Å²) < 4.78 is 21.3. The normalized spacial score (nSPS) is 11.1. The van der Waals surface area contributed by atoms with Gasteiger partial charge in [0, 0.05) is 10.9 Å². The van der Waals surface area contributed by atoms with Crippen molar-refractivity contribution in [2.75, 3.05) is 0 Å². The Morgan fingerprint density at radius 3 is 2.76 bits per heavy atom. The molecule has 2 aromatic heterocycles. The van der Waals surface area contributed by atoms with Crippen LogP contribution in [0.5, 0.6) is 0 Å². The van der Waals surface area contributed by atoms with Gasteiger partial charge in [0.25, 0.3) is 0 Å². The highest BCUT2D eigenvalue weighted by Gasteiger charge is 2.16. The van der Waals surface area contributed by atoms with E-state index in [0.29, 0.717) is 29.8 Å². The fourth-order valence-corrected chi connectivity index (χ4v) is 2.92. The number of hydrogen-bond donors (Lipinski definition) is 0. The molecular formula is C20H15FN2O2. The number of aldehydes is 1. The quantitative estimate of drug-likeness (QED) is 0.512. The lowest BCUT2D eigenvalue weighted by molar-refractivity contribution is 0.110. The van der Waals surface area contributed by atoms with Crippen molar-refractivity contribution in [1.82, 2.24) is 9.78 Å². The summed E-state index contributed by atoms with van der Waals surface area (Å²) in [5.41, 5.74) is 3.18. The number of aryl methyl sites for hydroxylation is 1. The molecule has 4 aromatic rings. The number of furan rings is 1. The third kappa shape index (κ3) is 2.74. The predicted molar refractivity (Wildman–Crippen MR) is 93.1 cm³/mol. The van der Waals surface area contributed by atoms with Gasteiger partial charge in [-0.25, -0.2) is 4.39 Å². The van der Waals surface area contributed by atoms with E-state index in [1.54, 1.807) is 35.0 Å². The highest BCUT2D eigenvalue weighted by atomic mass is 19.1. The number of halogens is 1. The Bertz CT molecular complexity index is 1080. The van der Waals surface area contributed by atoms with E-state index in [0.717, 1.165) is 16.5 Å². The van der Waals surface area contributed by atoms with Crippen molar-refractivity contribution >= 4 is 17.2 Å². The first-order valence-corrected chi connectivity index (χ1v) is 7.91. The molecule has 0 aliphatic carbocycles. The summed E-state index contributed by atoms with van der Waals surface area (Å²) in [5.74, 6) is 0.503. The lowest BCUT2D eigenvalue weighted by Gasteiger charge is -2.05. The zero-order valence-corrected chi connectivity index (χ0v) is 13.6. The molecule has 0 saturated carbocycles. The van der Waals surface area contributed by atoms with Gasteiger partial charge in [0.2, 0.25) is 0 Å². The SMILES string of the molecule is Cc1ccc2c(-c3ccc(C=O)o3)nn(Cc3ccccc3F)c2c1. The van der Waals surface area contributed by atoms with E-state index >= 15 is 0 Å². The molecule has 0 radical (unpaired) electrons. The van der Waals surface area contributed by atoms with Gasteiger partial charge in [0.1, 0.15) is 11.5 Å². The van der Waals surface area contributed by atoms with Gasteiger partial charge in [0.15, 0.2) is 17.8 Å². The highest BCUT2D eigenvalue weighted by molar-refractivity contribution is 5.92. The Balaban J connectivity index is 1.88. The van der Waals surface area contributed by atoms with Crippen LogP contribution in [-0.4, -0.2) is 16.1 Å². The minimum atomic E-state index is -0.262. The van der Waals surface area contributed by atoms with E-state index in [1.807, 2.05) is 25.1 Å². The van der Waals surface area contributed by atoms with E-state index in [1.165, 1.54) is 6.07 Å². The Morgan fingerprint density at radius 2 is 2.00 bits per heavy atom. The molecule has 0 unspecified atom stereocenters. The molecule has 0 amide bonds.